The van der Waals surface area contributed by atoms with E-state index in [1.165, 1.54) is 11.1 Å². The molecule has 3 aromatic carbocycles. The van der Waals surface area contributed by atoms with Crippen molar-refractivity contribution in [2.75, 3.05) is 10.0 Å². The summed E-state index contributed by atoms with van der Waals surface area (Å²) in [5.41, 5.74) is 4.03. The Hall–Kier alpha value is -3.64. The number of anilines is 2. The lowest BCUT2D eigenvalue weighted by molar-refractivity contribution is 0.250. The van der Waals surface area contributed by atoms with Gasteiger partial charge in [0, 0.05) is 16.3 Å². The predicted molar refractivity (Wildman–Crippen MR) is 127 cm³/mol. The summed E-state index contributed by atoms with van der Waals surface area (Å²) in [6.45, 7) is 2.22. The van der Waals surface area contributed by atoms with Gasteiger partial charge in [-0.25, -0.2) is 4.79 Å². The van der Waals surface area contributed by atoms with Crippen molar-refractivity contribution >= 4 is 29.4 Å². The molecule has 4 aromatic rings. The van der Waals surface area contributed by atoms with Gasteiger partial charge < -0.3 is 19.8 Å². The first-order chi connectivity index (χ1) is 15.2. The quantitative estimate of drug-likeness (QED) is 0.286. The lowest BCUT2D eigenvalue weighted by atomic mass is 10.1. The third-order valence-corrected chi connectivity index (χ3v) is 5.53. The SMILES string of the molecule is Cc1ccc(CNC(=O)Nc2ccc(NSc3ccccc3-c3ccccc3)cc2)o1. The van der Waals surface area contributed by atoms with Crippen LogP contribution in [-0.4, -0.2) is 6.03 Å². The van der Waals surface area contributed by atoms with E-state index in [-0.39, 0.29) is 6.03 Å². The van der Waals surface area contributed by atoms with E-state index >= 15 is 0 Å². The molecule has 1 heterocycles. The molecule has 31 heavy (non-hydrogen) atoms. The van der Waals surface area contributed by atoms with Gasteiger partial charge in [0.2, 0.25) is 0 Å². The molecule has 0 saturated carbocycles. The molecule has 0 aliphatic heterocycles. The van der Waals surface area contributed by atoms with Crippen LogP contribution in [0.25, 0.3) is 11.1 Å². The Kier molecular flexibility index (Phi) is 6.59. The molecular formula is C25H23N3O2S. The van der Waals surface area contributed by atoms with Gasteiger partial charge in [0.25, 0.3) is 0 Å². The van der Waals surface area contributed by atoms with Crippen molar-refractivity contribution in [1.29, 1.82) is 0 Å². The molecule has 4 rings (SSSR count). The Morgan fingerprint density at radius 2 is 1.55 bits per heavy atom. The lowest BCUT2D eigenvalue weighted by Gasteiger charge is -2.11. The first-order valence-electron chi connectivity index (χ1n) is 9.95. The Bertz CT molecular complexity index is 1140. The highest BCUT2D eigenvalue weighted by Crippen LogP contribution is 2.32. The normalized spacial score (nSPS) is 10.5. The first-order valence-corrected chi connectivity index (χ1v) is 10.8. The van der Waals surface area contributed by atoms with Crippen LogP contribution in [-0.2, 0) is 6.54 Å². The molecule has 0 radical (unpaired) electrons. The summed E-state index contributed by atoms with van der Waals surface area (Å²) in [6.07, 6.45) is 0. The fourth-order valence-corrected chi connectivity index (χ4v) is 3.88. The van der Waals surface area contributed by atoms with Crippen molar-refractivity contribution in [3.8, 4) is 11.1 Å². The minimum Gasteiger partial charge on any atom is -0.465 e. The van der Waals surface area contributed by atoms with Gasteiger partial charge in [-0.2, -0.15) is 0 Å². The first kappa shape index (κ1) is 20.6. The molecule has 0 aliphatic carbocycles. The number of carbonyl (C=O) groups is 1. The van der Waals surface area contributed by atoms with E-state index in [4.69, 9.17) is 4.42 Å². The summed E-state index contributed by atoms with van der Waals surface area (Å²) >= 11 is 1.56. The molecule has 0 atom stereocenters. The fraction of sp³-hybridized carbons (Fsp3) is 0.0800. The van der Waals surface area contributed by atoms with Gasteiger partial charge >= 0.3 is 6.03 Å². The molecule has 5 nitrogen and oxygen atoms in total. The number of hydrogen-bond acceptors (Lipinski definition) is 4. The molecule has 3 N–H and O–H groups in total. The van der Waals surface area contributed by atoms with E-state index in [0.29, 0.717) is 12.2 Å². The smallest absolute Gasteiger partial charge is 0.319 e. The molecule has 2 amide bonds. The number of amides is 2. The predicted octanol–water partition coefficient (Wildman–Crippen LogP) is 6.70. The second-order valence-corrected chi connectivity index (χ2v) is 7.81. The van der Waals surface area contributed by atoms with Gasteiger partial charge in [-0.3, -0.25) is 0 Å². The molecule has 0 aliphatic rings. The number of hydrogen-bond donors (Lipinski definition) is 3. The molecule has 156 valence electrons. The highest BCUT2D eigenvalue weighted by Gasteiger charge is 2.06. The van der Waals surface area contributed by atoms with Gasteiger partial charge in [0.1, 0.15) is 11.5 Å². The Labute approximate surface area is 186 Å². The number of furan rings is 1. The van der Waals surface area contributed by atoms with Gasteiger partial charge in [-0.1, -0.05) is 48.5 Å². The van der Waals surface area contributed by atoms with Crippen molar-refractivity contribution in [1.82, 2.24) is 5.32 Å². The van der Waals surface area contributed by atoms with E-state index in [9.17, 15) is 4.79 Å². The van der Waals surface area contributed by atoms with Crippen molar-refractivity contribution in [2.24, 2.45) is 0 Å². The van der Waals surface area contributed by atoms with Crippen LogP contribution in [0.1, 0.15) is 11.5 Å². The van der Waals surface area contributed by atoms with Crippen LogP contribution in [0.15, 0.2) is 100 Å². The maximum Gasteiger partial charge on any atom is 0.319 e. The summed E-state index contributed by atoms with van der Waals surface area (Å²) in [7, 11) is 0. The van der Waals surface area contributed by atoms with Crippen LogP contribution in [0.5, 0.6) is 0 Å². The van der Waals surface area contributed by atoms with Gasteiger partial charge in [0.05, 0.1) is 6.54 Å². The van der Waals surface area contributed by atoms with Crippen LogP contribution in [0.4, 0.5) is 16.2 Å². The third kappa shape index (κ3) is 5.71. The minimum atomic E-state index is -0.277. The van der Waals surface area contributed by atoms with E-state index in [1.807, 2.05) is 73.7 Å². The third-order valence-electron chi connectivity index (χ3n) is 4.61. The number of aryl methyl sites for hydroxylation is 1. The van der Waals surface area contributed by atoms with Crippen LogP contribution in [0, 0.1) is 6.92 Å². The largest absolute Gasteiger partial charge is 0.465 e. The monoisotopic (exact) mass is 429 g/mol. The standard InChI is InChI=1S/C25H23N3O2S/c1-18-11-16-22(30-18)17-26-25(29)27-20-12-14-21(15-13-20)28-31-24-10-6-5-9-23(24)19-7-3-2-4-8-19/h2-16,28H,17H2,1H3,(H2,26,27,29). The summed E-state index contributed by atoms with van der Waals surface area (Å²) < 4.78 is 8.82. The number of nitrogens with one attached hydrogen (secondary N) is 3. The van der Waals surface area contributed by atoms with E-state index in [1.54, 1.807) is 11.9 Å². The highest BCUT2D eigenvalue weighted by molar-refractivity contribution is 8.00. The summed E-state index contributed by atoms with van der Waals surface area (Å²) in [4.78, 5) is 13.2. The molecule has 0 unspecified atom stereocenters. The summed E-state index contributed by atoms with van der Waals surface area (Å²) in [5.74, 6) is 1.55. The second kappa shape index (κ2) is 9.91. The Balaban J connectivity index is 1.32. The molecule has 1 aromatic heterocycles. The van der Waals surface area contributed by atoms with Crippen LogP contribution in [0.2, 0.25) is 0 Å². The Morgan fingerprint density at radius 3 is 2.29 bits per heavy atom. The van der Waals surface area contributed by atoms with E-state index < -0.39 is 0 Å². The number of rotatable bonds is 7. The molecule has 0 bridgehead atoms. The molecular weight excluding hydrogens is 406 g/mol. The second-order valence-electron chi connectivity index (χ2n) is 6.96. The average molecular weight is 430 g/mol. The van der Waals surface area contributed by atoms with Crippen molar-refractivity contribution in [3.05, 3.63) is 103 Å². The molecule has 0 spiro atoms. The van der Waals surface area contributed by atoms with Crippen molar-refractivity contribution < 1.29 is 9.21 Å². The van der Waals surface area contributed by atoms with E-state index in [0.717, 1.165) is 22.1 Å². The van der Waals surface area contributed by atoms with Crippen molar-refractivity contribution in [2.45, 2.75) is 18.4 Å². The zero-order valence-corrected chi connectivity index (χ0v) is 17.9. The summed E-state index contributed by atoms with van der Waals surface area (Å²) in [6, 6.07) is 29.7. The highest BCUT2D eigenvalue weighted by atomic mass is 32.2. The maximum absolute atomic E-state index is 12.1. The molecule has 6 heteroatoms. The van der Waals surface area contributed by atoms with Crippen molar-refractivity contribution in [3.63, 3.8) is 0 Å². The summed E-state index contributed by atoms with van der Waals surface area (Å²) in [5, 5.41) is 5.60. The zero-order chi connectivity index (χ0) is 21.5. The topological polar surface area (TPSA) is 66.3 Å². The maximum atomic E-state index is 12.1. The minimum absolute atomic E-state index is 0.277. The Morgan fingerprint density at radius 1 is 0.839 bits per heavy atom. The average Bonchev–Trinajstić information content (AvgIpc) is 3.23. The van der Waals surface area contributed by atoms with Gasteiger partial charge in [-0.15, -0.1) is 0 Å². The number of carbonyl (C=O) groups excluding carboxylic acids is 1. The number of benzene rings is 3. The van der Waals surface area contributed by atoms with Gasteiger partial charge in [-0.05, 0) is 72.5 Å². The van der Waals surface area contributed by atoms with E-state index in [2.05, 4.69) is 39.6 Å². The molecule has 0 saturated heterocycles. The number of urea groups is 1. The fourth-order valence-electron chi connectivity index (χ4n) is 3.07. The van der Waals surface area contributed by atoms with Crippen LogP contribution in [0.3, 0.4) is 0 Å². The zero-order valence-electron chi connectivity index (χ0n) is 17.1. The lowest BCUT2D eigenvalue weighted by Crippen LogP contribution is -2.27. The van der Waals surface area contributed by atoms with Crippen LogP contribution >= 0.6 is 11.9 Å². The van der Waals surface area contributed by atoms with Gasteiger partial charge in [0.15, 0.2) is 0 Å². The molecule has 0 fully saturated rings. The van der Waals surface area contributed by atoms with Crippen LogP contribution < -0.4 is 15.4 Å².